The number of ketones is 3. The molecule has 0 saturated heterocycles. The molecule has 2 aromatic carbocycles. The van der Waals surface area contributed by atoms with Crippen molar-refractivity contribution in [1.29, 1.82) is 0 Å². The molecule has 13 heteroatoms. The van der Waals surface area contributed by atoms with Crippen molar-refractivity contribution >= 4 is 35.3 Å². The van der Waals surface area contributed by atoms with E-state index in [1.807, 2.05) is 48.5 Å². The summed E-state index contributed by atoms with van der Waals surface area (Å²) in [5, 5.41) is 0. The molecule has 0 bridgehead atoms. The van der Waals surface area contributed by atoms with Gasteiger partial charge in [-0.1, -0.05) is 45.0 Å². The molecule has 0 aliphatic carbocycles. The standard InChI is InChI=1S/C41H50O13/c1-7-41(28-53-38(46)19-9-31(3)43,27-49-26-34(44)14-8-30(2)42)29-54-39(47)21-20-37(45)52-25-24-51-36-17-12-33(13-18-36)40(4,5)32-10-15-35(16-11-32)50-23-22-48-6/h8-21H,7,22-29H2,1-6H3/b14-8+,19-9+,21-20+. The molecule has 0 radical (unpaired) electrons. The van der Waals surface area contributed by atoms with Crippen LogP contribution in [-0.4, -0.2) is 95.2 Å². The number of esters is 3. The van der Waals surface area contributed by atoms with Crippen LogP contribution >= 0.6 is 0 Å². The van der Waals surface area contributed by atoms with Gasteiger partial charge in [-0.25, -0.2) is 14.4 Å². The summed E-state index contributed by atoms with van der Waals surface area (Å²) in [5.74, 6) is -2.24. The second-order valence-electron chi connectivity index (χ2n) is 12.8. The zero-order chi connectivity index (χ0) is 40.0. The molecule has 0 heterocycles. The van der Waals surface area contributed by atoms with Crippen LogP contribution in [0.15, 0.2) is 85.0 Å². The first-order valence-electron chi connectivity index (χ1n) is 17.3. The topological polar surface area (TPSA) is 167 Å². The lowest BCUT2D eigenvalue weighted by atomic mass is 9.78. The van der Waals surface area contributed by atoms with Crippen molar-refractivity contribution in [2.75, 3.05) is 60.0 Å². The van der Waals surface area contributed by atoms with E-state index < -0.39 is 29.1 Å². The van der Waals surface area contributed by atoms with Crippen LogP contribution < -0.4 is 9.47 Å². The van der Waals surface area contributed by atoms with E-state index in [9.17, 15) is 28.8 Å². The zero-order valence-electron chi connectivity index (χ0n) is 31.8. The number of benzene rings is 2. The number of hydrogen-bond donors (Lipinski definition) is 0. The molecule has 0 amide bonds. The van der Waals surface area contributed by atoms with Crippen molar-refractivity contribution < 1.29 is 61.9 Å². The molecule has 0 N–H and O–H groups in total. The largest absolute Gasteiger partial charge is 0.491 e. The van der Waals surface area contributed by atoms with Gasteiger partial charge in [0.25, 0.3) is 0 Å². The Hall–Kier alpha value is -5.40. The lowest BCUT2D eigenvalue weighted by Crippen LogP contribution is -2.38. The van der Waals surface area contributed by atoms with Gasteiger partial charge in [0, 0.05) is 30.8 Å². The van der Waals surface area contributed by atoms with Gasteiger partial charge in [-0.3, -0.25) is 14.4 Å². The molecule has 0 saturated carbocycles. The monoisotopic (exact) mass is 750 g/mol. The predicted molar refractivity (Wildman–Crippen MR) is 198 cm³/mol. The van der Waals surface area contributed by atoms with Crippen molar-refractivity contribution in [2.24, 2.45) is 5.41 Å². The summed E-state index contributed by atoms with van der Waals surface area (Å²) in [6.45, 7) is 8.43. The summed E-state index contributed by atoms with van der Waals surface area (Å²) in [5.41, 5.74) is 0.828. The van der Waals surface area contributed by atoms with E-state index in [1.165, 1.54) is 13.8 Å². The van der Waals surface area contributed by atoms with Crippen molar-refractivity contribution in [3.05, 3.63) is 96.1 Å². The van der Waals surface area contributed by atoms with Gasteiger partial charge >= 0.3 is 17.9 Å². The minimum Gasteiger partial charge on any atom is -0.491 e. The van der Waals surface area contributed by atoms with Crippen LogP contribution in [0.25, 0.3) is 0 Å². The van der Waals surface area contributed by atoms with Crippen molar-refractivity contribution in [3.63, 3.8) is 0 Å². The molecule has 1 unspecified atom stereocenters. The summed E-state index contributed by atoms with van der Waals surface area (Å²) >= 11 is 0. The van der Waals surface area contributed by atoms with E-state index >= 15 is 0 Å². The maximum atomic E-state index is 12.5. The van der Waals surface area contributed by atoms with Crippen molar-refractivity contribution in [3.8, 4) is 11.5 Å². The Labute approximate surface area is 316 Å². The van der Waals surface area contributed by atoms with Crippen LogP contribution in [0, 0.1) is 5.41 Å². The molecule has 2 aromatic rings. The molecule has 0 spiro atoms. The highest BCUT2D eigenvalue weighted by Gasteiger charge is 2.33. The molecule has 13 nitrogen and oxygen atoms in total. The maximum Gasteiger partial charge on any atom is 0.331 e. The quantitative estimate of drug-likeness (QED) is 0.0584. The Bertz CT molecular complexity index is 1640. The smallest absolute Gasteiger partial charge is 0.331 e. The van der Waals surface area contributed by atoms with Crippen LogP contribution in [0.1, 0.15) is 52.2 Å². The first kappa shape index (κ1) is 44.8. The first-order valence-corrected chi connectivity index (χ1v) is 17.3. The fourth-order valence-electron chi connectivity index (χ4n) is 4.62. The number of ether oxygens (including phenoxy) is 7. The third kappa shape index (κ3) is 17.0. The van der Waals surface area contributed by atoms with Crippen LogP contribution in [0.2, 0.25) is 0 Å². The molecule has 0 fully saturated rings. The zero-order valence-corrected chi connectivity index (χ0v) is 31.8. The highest BCUT2D eigenvalue weighted by molar-refractivity contribution is 5.98. The Kier molecular flexibility index (Phi) is 19.3. The molecular formula is C41H50O13. The molecule has 54 heavy (non-hydrogen) atoms. The second-order valence-corrected chi connectivity index (χ2v) is 12.8. The van der Waals surface area contributed by atoms with Gasteiger partial charge in [-0.15, -0.1) is 0 Å². The van der Waals surface area contributed by atoms with Crippen LogP contribution in [0.3, 0.4) is 0 Å². The number of hydrogen-bond acceptors (Lipinski definition) is 13. The van der Waals surface area contributed by atoms with Gasteiger partial charge in [-0.2, -0.15) is 0 Å². The van der Waals surface area contributed by atoms with Crippen molar-refractivity contribution in [1.82, 2.24) is 0 Å². The molecule has 0 aromatic heterocycles. The SMILES string of the molecule is CCC(COCC(=O)/C=C/C(C)=O)(COC(=O)/C=C/C(C)=O)COC(=O)/C=C/C(=O)OCCOc1ccc(C(C)(C)c2ccc(OCCOC)cc2)cc1. The van der Waals surface area contributed by atoms with E-state index in [1.54, 1.807) is 14.0 Å². The molecule has 0 aliphatic rings. The molecule has 1 atom stereocenters. The average molecular weight is 751 g/mol. The fourth-order valence-corrected chi connectivity index (χ4v) is 4.62. The van der Waals surface area contributed by atoms with E-state index in [4.69, 9.17) is 33.2 Å². The number of carbonyl (C=O) groups excluding carboxylic acids is 6. The molecule has 0 aliphatic heterocycles. The summed E-state index contributed by atoms with van der Waals surface area (Å²) in [4.78, 5) is 71.0. The predicted octanol–water partition coefficient (Wildman–Crippen LogP) is 4.87. The minimum atomic E-state index is -1.08. The second kappa shape index (κ2) is 23.3. The molecule has 292 valence electrons. The Morgan fingerprint density at radius 3 is 1.48 bits per heavy atom. The van der Waals surface area contributed by atoms with Gasteiger partial charge in [0.05, 0.1) is 18.6 Å². The normalized spacial score (nSPS) is 12.7. The third-order valence-electron chi connectivity index (χ3n) is 8.06. The Balaban J connectivity index is 1.87. The molecular weight excluding hydrogens is 700 g/mol. The third-order valence-corrected chi connectivity index (χ3v) is 8.06. The van der Waals surface area contributed by atoms with Gasteiger partial charge in [-0.05, 0) is 73.9 Å². The van der Waals surface area contributed by atoms with E-state index in [0.29, 0.717) is 19.0 Å². The highest BCUT2D eigenvalue weighted by atomic mass is 16.6. The molecule has 2 rings (SSSR count). The van der Waals surface area contributed by atoms with Gasteiger partial charge in [0.1, 0.15) is 51.1 Å². The summed E-state index contributed by atoms with van der Waals surface area (Å²) < 4.78 is 37.6. The fraction of sp³-hybridized carbons (Fsp3) is 0.415. The Morgan fingerprint density at radius 1 is 0.574 bits per heavy atom. The minimum absolute atomic E-state index is 0.0731. The number of allylic oxidation sites excluding steroid dienone is 2. The lowest BCUT2D eigenvalue weighted by molar-refractivity contribution is -0.153. The Morgan fingerprint density at radius 2 is 1.02 bits per heavy atom. The van der Waals surface area contributed by atoms with Gasteiger partial charge in [0.15, 0.2) is 17.3 Å². The van der Waals surface area contributed by atoms with E-state index in [-0.39, 0.29) is 63.0 Å². The first-order chi connectivity index (χ1) is 25.7. The maximum absolute atomic E-state index is 12.5. The van der Waals surface area contributed by atoms with Gasteiger partial charge in [0.2, 0.25) is 0 Å². The van der Waals surface area contributed by atoms with E-state index in [2.05, 4.69) is 13.8 Å². The summed E-state index contributed by atoms with van der Waals surface area (Å²) in [6.07, 6.45) is 6.29. The number of carbonyl (C=O) groups is 6. The highest BCUT2D eigenvalue weighted by Crippen LogP contribution is 2.33. The van der Waals surface area contributed by atoms with Crippen LogP contribution in [0.5, 0.6) is 11.5 Å². The van der Waals surface area contributed by atoms with Crippen molar-refractivity contribution in [2.45, 2.75) is 46.5 Å². The average Bonchev–Trinajstić information content (AvgIpc) is 3.15. The van der Waals surface area contributed by atoms with E-state index in [0.717, 1.165) is 53.3 Å². The summed E-state index contributed by atoms with van der Waals surface area (Å²) in [7, 11) is 1.63. The number of rotatable bonds is 25. The number of methoxy groups -OCH3 is 1. The van der Waals surface area contributed by atoms with Crippen LogP contribution in [-0.2, 0) is 57.9 Å². The van der Waals surface area contributed by atoms with Crippen LogP contribution in [0.4, 0.5) is 0 Å². The lowest BCUT2D eigenvalue weighted by Gasteiger charge is -2.31. The van der Waals surface area contributed by atoms with Gasteiger partial charge < -0.3 is 33.2 Å². The summed E-state index contributed by atoms with van der Waals surface area (Å²) in [6, 6.07) is 15.6.